The Balaban J connectivity index is 2.40. The van der Waals surface area contributed by atoms with E-state index in [4.69, 9.17) is 11.6 Å². The summed E-state index contributed by atoms with van der Waals surface area (Å²) in [4.78, 5) is 24.0. The first-order valence-electron chi connectivity index (χ1n) is 4.69. The van der Waals surface area contributed by atoms with Crippen LogP contribution in [0.3, 0.4) is 0 Å². The molecule has 2 rings (SSSR count). The molecule has 1 N–H and O–H groups in total. The van der Waals surface area contributed by atoms with E-state index in [0.29, 0.717) is 10.2 Å². The molecule has 1 aromatic carbocycles. The molecule has 1 saturated heterocycles. The number of piperazine rings is 1. The van der Waals surface area contributed by atoms with E-state index in [-0.39, 0.29) is 18.1 Å². The van der Waals surface area contributed by atoms with Crippen molar-refractivity contribution in [3.8, 4) is 0 Å². The van der Waals surface area contributed by atoms with E-state index in [0.717, 1.165) is 6.07 Å². The van der Waals surface area contributed by atoms with Gasteiger partial charge < -0.3 is 4.90 Å². The van der Waals surface area contributed by atoms with Crippen LogP contribution in [-0.4, -0.2) is 24.9 Å². The van der Waals surface area contributed by atoms with E-state index >= 15 is 0 Å². The molecule has 1 aliphatic heterocycles. The molecule has 0 saturated carbocycles. The minimum absolute atomic E-state index is 0.00962. The van der Waals surface area contributed by atoms with Crippen molar-refractivity contribution in [2.45, 2.75) is 0 Å². The van der Waals surface area contributed by atoms with Crippen molar-refractivity contribution in [1.29, 1.82) is 0 Å². The number of hydrogen-bond acceptors (Lipinski definition) is 3. The maximum Gasteiger partial charge on any atom is 0.246 e. The van der Waals surface area contributed by atoms with Gasteiger partial charge >= 0.3 is 0 Å². The predicted molar refractivity (Wildman–Crippen MR) is 64.5 cm³/mol. The van der Waals surface area contributed by atoms with Crippen LogP contribution in [0.1, 0.15) is 0 Å². The monoisotopic (exact) mass is 320 g/mol. The highest BCUT2D eigenvalue weighted by Crippen LogP contribution is 2.35. The molecule has 0 unspecified atom stereocenters. The van der Waals surface area contributed by atoms with Gasteiger partial charge in [-0.1, -0.05) is 11.6 Å². The molecule has 1 fully saturated rings. The van der Waals surface area contributed by atoms with Gasteiger partial charge in [0.15, 0.2) is 0 Å². The zero-order valence-electron chi connectivity index (χ0n) is 8.47. The molecule has 90 valence electrons. The molecule has 17 heavy (non-hydrogen) atoms. The highest BCUT2D eigenvalue weighted by Gasteiger charge is 2.25. The first-order chi connectivity index (χ1) is 7.97. The summed E-state index contributed by atoms with van der Waals surface area (Å²) in [7, 11) is 0. The lowest BCUT2D eigenvalue weighted by molar-refractivity contribution is -0.130. The summed E-state index contributed by atoms with van der Waals surface area (Å²) < 4.78 is 13.5. The number of carbonyl (C=O) groups is 2. The number of rotatable bonds is 1. The summed E-state index contributed by atoms with van der Waals surface area (Å²) in [6.07, 6.45) is 0. The standard InChI is InChI=1S/C10H7BrClFN2O2/c11-6-1-5(13)2-7(12)10(6)15-3-8(16)14-9(17)4-15/h1-2H,3-4H2,(H,14,16,17). The third-order valence-corrected chi connectivity index (χ3v) is 3.14. The molecule has 4 nitrogen and oxygen atoms in total. The van der Waals surface area contributed by atoms with Crippen molar-refractivity contribution in [2.24, 2.45) is 0 Å². The second kappa shape index (κ2) is 4.62. The van der Waals surface area contributed by atoms with Crippen LogP contribution >= 0.6 is 27.5 Å². The van der Waals surface area contributed by atoms with Gasteiger partial charge in [-0.05, 0) is 28.1 Å². The Kier molecular flexibility index (Phi) is 3.35. The summed E-state index contributed by atoms with van der Waals surface area (Å²) in [5.41, 5.74) is 0.441. The Morgan fingerprint density at radius 2 is 1.88 bits per heavy atom. The highest BCUT2D eigenvalue weighted by molar-refractivity contribution is 9.10. The normalized spacial score (nSPS) is 16.1. The number of halogens is 3. The van der Waals surface area contributed by atoms with E-state index in [1.165, 1.54) is 11.0 Å². The van der Waals surface area contributed by atoms with Crippen LogP contribution in [0, 0.1) is 5.82 Å². The fourth-order valence-electron chi connectivity index (χ4n) is 1.63. The maximum atomic E-state index is 13.0. The maximum absolute atomic E-state index is 13.0. The molecule has 0 bridgehead atoms. The SMILES string of the molecule is O=C1CN(c2c(Cl)cc(F)cc2Br)CC(=O)N1. The van der Waals surface area contributed by atoms with Crippen LogP contribution < -0.4 is 10.2 Å². The quantitative estimate of drug-likeness (QED) is 0.801. The number of carbonyl (C=O) groups excluding carboxylic acids is 2. The number of imide groups is 1. The van der Waals surface area contributed by atoms with Gasteiger partial charge in [0.1, 0.15) is 5.82 Å². The zero-order chi connectivity index (χ0) is 12.6. The summed E-state index contributed by atoms with van der Waals surface area (Å²) in [5, 5.41) is 2.33. The van der Waals surface area contributed by atoms with E-state index < -0.39 is 17.6 Å². The molecule has 1 aromatic rings. The minimum Gasteiger partial charge on any atom is -0.351 e. The van der Waals surface area contributed by atoms with Crippen LogP contribution in [0.5, 0.6) is 0 Å². The van der Waals surface area contributed by atoms with Crippen molar-refractivity contribution < 1.29 is 14.0 Å². The molecule has 0 radical (unpaired) electrons. The van der Waals surface area contributed by atoms with E-state index in [9.17, 15) is 14.0 Å². The van der Waals surface area contributed by atoms with Crippen LogP contribution in [0.2, 0.25) is 5.02 Å². The van der Waals surface area contributed by atoms with Crippen molar-refractivity contribution in [2.75, 3.05) is 18.0 Å². The number of benzene rings is 1. The number of nitrogens with zero attached hydrogens (tertiary/aromatic N) is 1. The van der Waals surface area contributed by atoms with Gasteiger partial charge in [0.05, 0.1) is 23.8 Å². The van der Waals surface area contributed by atoms with Crippen molar-refractivity contribution in [3.63, 3.8) is 0 Å². The van der Waals surface area contributed by atoms with Crippen molar-refractivity contribution in [3.05, 3.63) is 27.4 Å². The molecule has 0 aliphatic carbocycles. The zero-order valence-corrected chi connectivity index (χ0v) is 10.8. The average molecular weight is 322 g/mol. The number of hydrogen-bond donors (Lipinski definition) is 1. The Morgan fingerprint density at radius 1 is 1.29 bits per heavy atom. The third-order valence-electron chi connectivity index (χ3n) is 2.25. The summed E-state index contributed by atoms with van der Waals surface area (Å²) in [6.45, 7) is 0.0192. The highest BCUT2D eigenvalue weighted by atomic mass is 79.9. The largest absolute Gasteiger partial charge is 0.351 e. The lowest BCUT2D eigenvalue weighted by Gasteiger charge is -2.29. The molecule has 0 atom stereocenters. The fraction of sp³-hybridized carbons (Fsp3) is 0.200. The molecule has 0 spiro atoms. The molecule has 1 heterocycles. The second-order valence-corrected chi connectivity index (χ2v) is 4.81. The number of nitrogens with one attached hydrogen (secondary N) is 1. The van der Waals surface area contributed by atoms with Crippen LogP contribution in [0.15, 0.2) is 16.6 Å². The number of amides is 2. The molecular weight excluding hydrogens is 314 g/mol. The van der Waals surface area contributed by atoms with Crippen LogP contribution in [0.4, 0.5) is 10.1 Å². The summed E-state index contributed by atoms with van der Waals surface area (Å²) >= 11 is 9.07. The van der Waals surface area contributed by atoms with E-state index in [1.54, 1.807) is 0 Å². The molecule has 2 amide bonds. The first-order valence-corrected chi connectivity index (χ1v) is 5.86. The first kappa shape index (κ1) is 12.3. The van der Waals surface area contributed by atoms with Gasteiger partial charge in [-0.2, -0.15) is 0 Å². The van der Waals surface area contributed by atoms with Crippen molar-refractivity contribution >= 4 is 45.0 Å². The van der Waals surface area contributed by atoms with Gasteiger partial charge in [0, 0.05) is 4.47 Å². The van der Waals surface area contributed by atoms with Gasteiger partial charge in [0.25, 0.3) is 0 Å². The molecule has 7 heteroatoms. The van der Waals surface area contributed by atoms with Crippen molar-refractivity contribution in [1.82, 2.24) is 5.32 Å². The molecule has 1 aliphatic rings. The Bertz CT molecular complexity index is 470. The smallest absolute Gasteiger partial charge is 0.246 e. The van der Waals surface area contributed by atoms with E-state index in [1.807, 2.05) is 0 Å². The van der Waals surface area contributed by atoms with Crippen LogP contribution in [-0.2, 0) is 9.59 Å². The Morgan fingerprint density at radius 3 is 2.41 bits per heavy atom. The Hall–Kier alpha value is -1.14. The lowest BCUT2D eigenvalue weighted by atomic mass is 10.2. The van der Waals surface area contributed by atoms with E-state index in [2.05, 4.69) is 21.2 Å². The van der Waals surface area contributed by atoms with Gasteiger partial charge in [-0.15, -0.1) is 0 Å². The number of anilines is 1. The molecule has 0 aromatic heterocycles. The summed E-state index contributed by atoms with van der Waals surface area (Å²) in [5.74, 6) is -1.31. The molecular formula is C10H7BrClFN2O2. The third kappa shape index (κ3) is 2.58. The minimum atomic E-state index is -0.488. The predicted octanol–water partition coefficient (Wildman–Crippen LogP) is 1.70. The van der Waals surface area contributed by atoms with Crippen LogP contribution in [0.25, 0.3) is 0 Å². The lowest BCUT2D eigenvalue weighted by Crippen LogP contribution is -2.51. The van der Waals surface area contributed by atoms with Gasteiger partial charge in [0.2, 0.25) is 11.8 Å². The van der Waals surface area contributed by atoms with Gasteiger partial charge in [-0.3, -0.25) is 14.9 Å². The fourth-order valence-corrected chi connectivity index (χ4v) is 2.75. The Labute approximate surface area is 110 Å². The van der Waals surface area contributed by atoms with Gasteiger partial charge in [-0.25, -0.2) is 4.39 Å². The average Bonchev–Trinajstić information content (AvgIpc) is 2.13. The second-order valence-electron chi connectivity index (χ2n) is 3.55. The topological polar surface area (TPSA) is 49.4 Å². The summed E-state index contributed by atoms with van der Waals surface area (Å²) in [6, 6.07) is 2.37.